The first-order valence-corrected chi connectivity index (χ1v) is 7.45. The number of non-ortho nitro benzene ring substituents is 1. The van der Waals surface area contributed by atoms with Crippen molar-refractivity contribution in [3.05, 3.63) is 28.3 Å². The number of rotatable bonds is 3. The summed E-state index contributed by atoms with van der Waals surface area (Å²) >= 11 is 1.58. The number of benzene rings is 1. The maximum absolute atomic E-state index is 10.8. The van der Waals surface area contributed by atoms with Crippen LogP contribution in [0.3, 0.4) is 0 Å². The normalized spacial score (nSPS) is 18.2. The van der Waals surface area contributed by atoms with Crippen molar-refractivity contribution < 1.29 is 4.92 Å². The molecule has 1 unspecified atom stereocenters. The van der Waals surface area contributed by atoms with Gasteiger partial charge in [0.2, 0.25) is 0 Å². The van der Waals surface area contributed by atoms with Crippen molar-refractivity contribution in [2.45, 2.75) is 18.9 Å². The summed E-state index contributed by atoms with van der Waals surface area (Å²) in [5, 5.41) is 15.1. The van der Waals surface area contributed by atoms with Crippen LogP contribution >= 0.6 is 23.7 Å². The SMILES string of the molecule is CN(c1nc2cc([N+](=O)[O-])ccc2s1)C1CCCNC1.Cl. The molecule has 21 heavy (non-hydrogen) atoms. The molecule has 1 aliphatic heterocycles. The minimum atomic E-state index is -0.382. The van der Waals surface area contributed by atoms with Gasteiger partial charge in [0.25, 0.3) is 5.69 Å². The van der Waals surface area contributed by atoms with Crippen LogP contribution in [-0.2, 0) is 0 Å². The van der Waals surface area contributed by atoms with Crippen LogP contribution in [0, 0.1) is 10.1 Å². The molecule has 2 heterocycles. The molecule has 1 N–H and O–H groups in total. The summed E-state index contributed by atoms with van der Waals surface area (Å²) in [7, 11) is 2.05. The molecule has 114 valence electrons. The van der Waals surface area contributed by atoms with Gasteiger partial charge < -0.3 is 10.2 Å². The van der Waals surface area contributed by atoms with E-state index in [2.05, 4.69) is 15.2 Å². The van der Waals surface area contributed by atoms with Crippen LogP contribution in [0.15, 0.2) is 18.2 Å². The fourth-order valence-corrected chi connectivity index (χ4v) is 3.47. The molecule has 6 nitrogen and oxygen atoms in total. The Morgan fingerprint density at radius 3 is 3.00 bits per heavy atom. The third-order valence-electron chi connectivity index (χ3n) is 3.69. The lowest BCUT2D eigenvalue weighted by Crippen LogP contribution is -2.44. The van der Waals surface area contributed by atoms with Gasteiger partial charge in [0, 0.05) is 31.8 Å². The second kappa shape index (κ2) is 6.55. The van der Waals surface area contributed by atoms with Crippen molar-refractivity contribution in [2.24, 2.45) is 0 Å². The van der Waals surface area contributed by atoms with Gasteiger partial charge in [0.15, 0.2) is 5.13 Å². The first kappa shape index (κ1) is 15.9. The maximum Gasteiger partial charge on any atom is 0.271 e. The van der Waals surface area contributed by atoms with E-state index in [-0.39, 0.29) is 23.0 Å². The molecule has 0 aliphatic carbocycles. The highest BCUT2D eigenvalue weighted by Gasteiger charge is 2.21. The predicted octanol–water partition coefficient (Wildman–Crippen LogP) is 2.81. The molecule has 1 aromatic heterocycles. The van der Waals surface area contributed by atoms with E-state index in [1.54, 1.807) is 23.5 Å². The third-order valence-corrected chi connectivity index (χ3v) is 4.82. The number of hydrogen-bond donors (Lipinski definition) is 1. The van der Waals surface area contributed by atoms with Crippen LogP contribution in [0.5, 0.6) is 0 Å². The van der Waals surface area contributed by atoms with Gasteiger partial charge in [-0.05, 0) is 25.5 Å². The topological polar surface area (TPSA) is 71.3 Å². The first-order valence-electron chi connectivity index (χ1n) is 6.63. The van der Waals surface area contributed by atoms with E-state index in [4.69, 9.17) is 0 Å². The van der Waals surface area contributed by atoms with Crippen LogP contribution in [0.2, 0.25) is 0 Å². The van der Waals surface area contributed by atoms with E-state index in [0.717, 1.165) is 29.3 Å². The molecule has 3 rings (SSSR count). The van der Waals surface area contributed by atoms with Crippen LogP contribution in [-0.4, -0.2) is 36.1 Å². The average molecular weight is 329 g/mol. The number of fused-ring (bicyclic) bond motifs is 1. The fraction of sp³-hybridized carbons (Fsp3) is 0.462. The lowest BCUT2D eigenvalue weighted by atomic mass is 10.1. The average Bonchev–Trinajstić information content (AvgIpc) is 2.90. The molecule has 1 fully saturated rings. The molecule has 0 saturated carbocycles. The van der Waals surface area contributed by atoms with Gasteiger partial charge in [-0.1, -0.05) is 11.3 Å². The summed E-state index contributed by atoms with van der Waals surface area (Å²) in [6.07, 6.45) is 2.32. The lowest BCUT2D eigenvalue weighted by Gasteiger charge is -2.31. The summed E-state index contributed by atoms with van der Waals surface area (Å²) in [6.45, 7) is 2.04. The molecular weight excluding hydrogens is 312 g/mol. The number of likely N-dealkylation sites (N-methyl/N-ethyl adjacent to an activating group) is 1. The van der Waals surface area contributed by atoms with Crippen LogP contribution in [0.25, 0.3) is 10.2 Å². The zero-order valence-electron chi connectivity index (χ0n) is 11.6. The Hall–Kier alpha value is -1.44. The Kier molecular flexibility index (Phi) is 4.97. The number of nitro groups is 1. The first-order chi connectivity index (χ1) is 9.65. The number of piperidine rings is 1. The molecule has 8 heteroatoms. The minimum Gasteiger partial charge on any atom is -0.347 e. The van der Waals surface area contributed by atoms with Crippen molar-refractivity contribution in [1.29, 1.82) is 0 Å². The Morgan fingerprint density at radius 1 is 1.52 bits per heavy atom. The third kappa shape index (κ3) is 3.25. The van der Waals surface area contributed by atoms with Gasteiger partial charge in [-0.3, -0.25) is 10.1 Å². The maximum atomic E-state index is 10.8. The van der Waals surface area contributed by atoms with E-state index in [1.165, 1.54) is 12.5 Å². The Balaban J connectivity index is 0.00000161. The summed E-state index contributed by atoms with van der Waals surface area (Å²) in [6, 6.07) is 5.30. The Bertz CT molecular complexity index is 642. The predicted molar refractivity (Wildman–Crippen MR) is 87.8 cm³/mol. The number of halogens is 1. The van der Waals surface area contributed by atoms with Crippen LogP contribution in [0.4, 0.5) is 10.8 Å². The van der Waals surface area contributed by atoms with E-state index >= 15 is 0 Å². The lowest BCUT2D eigenvalue weighted by molar-refractivity contribution is -0.384. The van der Waals surface area contributed by atoms with Gasteiger partial charge in [-0.25, -0.2) is 4.98 Å². The molecule has 0 radical (unpaired) electrons. The zero-order valence-corrected chi connectivity index (χ0v) is 13.2. The number of nitrogens with zero attached hydrogens (tertiary/aromatic N) is 3. The molecule has 1 aliphatic rings. The Morgan fingerprint density at radius 2 is 2.33 bits per heavy atom. The zero-order chi connectivity index (χ0) is 14.1. The van der Waals surface area contributed by atoms with Gasteiger partial charge >= 0.3 is 0 Å². The van der Waals surface area contributed by atoms with Gasteiger partial charge in [0.05, 0.1) is 15.1 Å². The molecule has 0 spiro atoms. The molecule has 0 bridgehead atoms. The van der Waals surface area contributed by atoms with E-state index in [0.29, 0.717) is 11.6 Å². The van der Waals surface area contributed by atoms with Gasteiger partial charge in [0.1, 0.15) is 0 Å². The second-order valence-corrected chi connectivity index (χ2v) is 6.03. The van der Waals surface area contributed by atoms with Crippen molar-refractivity contribution >= 4 is 44.8 Å². The molecular formula is C13H17ClN4O2S. The number of aromatic nitrogens is 1. The quantitative estimate of drug-likeness (QED) is 0.693. The van der Waals surface area contributed by atoms with E-state index in [1.807, 2.05) is 7.05 Å². The summed E-state index contributed by atoms with van der Waals surface area (Å²) in [5.41, 5.74) is 0.797. The molecule has 1 saturated heterocycles. The molecule has 1 aromatic carbocycles. The molecule has 1 atom stereocenters. The van der Waals surface area contributed by atoms with Crippen molar-refractivity contribution in [1.82, 2.24) is 10.3 Å². The highest BCUT2D eigenvalue weighted by atomic mass is 35.5. The second-order valence-electron chi connectivity index (χ2n) is 5.02. The monoisotopic (exact) mass is 328 g/mol. The highest BCUT2D eigenvalue weighted by molar-refractivity contribution is 7.22. The number of nitro benzene ring substituents is 1. The highest BCUT2D eigenvalue weighted by Crippen LogP contribution is 2.32. The van der Waals surface area contributed by atoms with E-state index < -0.39 is 0 Å². The summed E-state index contributed by atoms with van der Waals surface area (Å²) in [4.78, 5) is 17.1. The number of nitrogens with one attached hydrogen (secondary N) is 1. The summed E-state index contributed by atoms with van der Waals surface area (Å²) < 4.78 is 0.987. The number of thiazole rings is 1. The Labute approximate surface area is 132 Å². The number of anilines is 1. The van der Waals surface area contributed by atoms with Crippen LogP contribution < -0.4 is 10.2 Å². The minimum absolute atomic E-state index is 0. The van der Waals surface area contributed by atoms with E-state index in [9.17, 15) is 10.1 Å². The van der Waals surface area contributed by atoms with Crippen molar-refractivity contribution in [3.63, 3.8) is 0 Å². The number of hydrogen-bond acceptors (Lipinski definition) is 6. The molecule has 2 aromatic rings. The van der Waals surface area contributed by atoms with Crippen molar-refractivity contribution in [3.8, 4) is 0 Å². The fourth-order valence-electron chi connectivity index (χ4n) is 2.49. The smallest absolute Gasteiger partial charge is 0.271 e. The van der Waals surface area contributed by atoms with Crippen LogP contribution in [0.1, 0.15) is 12.8 Å². The van der Waals surface area contributed by atoms with Gasteiger partial charge in [-0.2, -0.15) is 0 Å². The van der Waals surface area contributed by atoms with Crippen molar-refractivity contribution in [2.75, 3.05) is 25.0 Å². The summed E-state index contributed by atoms with van der Waals surface area (Å²) in [5.74, 6) is 0. The van der Waals surface area contributed by atoms with Gasteiger partial charge in [-0.15, -0.1) is 12.4 Å². The standard InChI is InChI=1S/C13H16N4O2S.ClH/c1-16(10-3-2-6-14-8-10)13-15-11-7-9(17(18)19)4-5-12(11)20-13;/h4-5,7,10,14H,2-3,6,8H2,1H3;1H. The largest absolute Gasteiger partial charge is 0.347 e. The molecule has 0 amide bonds.